The van der Waals surface area contributed by atoms with Gasteiger partial charge in [0.2, 0.25) is 0 Å². The van der Waals surface area contributed by atoms with Crippen LogP contribution in [0.25, 0.3) is 0 Å². The first kappa shape index (κ1) is 7.20. The normalized spacial score (nSPS) is 24.0. The lowest BCUT2D eigenvalue weighted by Crippen LogP contribution is -2.10. The van der Waals surface area contributed by atoms with Gasteiger partial charge in [0, 0.05) is 6.42 Å². The molecule has 1 rings (SSSR count). The molecule has 0 bridgehead atoms. The molecule has 0 radical (unpaired) electrons. The summed E-state index contributed by atoms with van der Waals surface area (Å²) >= 11 is 0. The van der Waals surface area contributed by atoms with E-state index in [0.29, 0.717) is 6.42 Å². The molecule has 0 aromatic rings. The Bertz CT molecular complexity index is 259. The van der Waals surface area contributed by atoms with Crippen molar-refractivity contribution >= 4 is 16.5 Å². The second-order valence-electron chi connectivity index (χ2n) is 1.79. The van der Waals surface area contributed by atoms with Crippen LogP contribution in [-0.4, -0.2) is 27.0 Å². The van der Waals surface area contributed by atoms with Crippen LogP contribution in [0.1, 0.15) is 6.42 Å². The predicted octanol–water partition coefficient (Wildman–Crippen LogP) is -0.635. The lowest BCUT2D eigenvalue weighted by molar-refractivity contribution is -0.138. The van der Waals surface area contributed by atoms with Crippen LogP contribution in [0.15, 0.2) is 4.36 Å². The standard InChI is InChI=1S/C4H5NO4S/c6-4-3(1-2-9-4)5-10(7)8/h3H,1-2H2/t3-/m0/s1. The molecule has 0 N–H and O–H groups in total. The quantitative estimate of drug-likeness (QED) is 0.482. The Kier molecular flexibility index (Phi) is 2.00. The third-order valence-electron chi connectivity index (χ3n) is 1.12. The zero-order valence-corrected chi connectivity index (χ0v) is 5.80. The van der Waals surface area contributed by atoms with Crippen LogP contribution in [0.3, 0.4) is 0 Å². The minimum atomic E-state index is -2.50. The molecule has 0 aromatic carbocycles. The lowest BCUT2D eigenvalue weighted by atomic mass is 10.3. The number of hydrogen-bond donors (Lipinski definition) is 0. The molecule has 0 aromatic heterocycles. The average molecular weight is 163 g/mol. The molecule has 0 amide bonds. The van der Waals surface area contributed by atoms with Crippen LogP contribution >= 0.6 is 0 Å². The fourth-order valence-corrected chi connectivity index (χ4v) is 1.08. The van der Waals surface area contributed by atoms with E-state index >= 15 is 0 Å². The highest BCUT2D eigenvalue weighted by atomic mass is 32.2. The molecule has 10 heavy (non-hydrogen) atoms. The van der Waals surface area contributed by atoms with Crippen LogP contribution < -0.4 is 0 Å². The summed E-state index contributed by atoms with van der Waals surface area (Å²) < 4.78 is 27.4. The van der Waals surface area contributed by atoms with E-state index in [-0.39, 0.29) is 6.61 Å². The third-order valence-corrected chi connectivity index (χ3v) is 1.55. The van der Waals surface area contributed by atoms with Gasteiger partial charge in [0.25, 0.3) is 0 Å². The summed E-state index contributed by atoms with van der Waals surface area (Å²) in [6.45, 7) is 0.268. The van der Waals surface area contributed by atoms with Crippen LogP contribution in [0.5, 0.6) is 0 Å². The Hall–Kier alpha value is -0.910. The van der Waals surface area contributed by atoms with E-state index in [1.165, 1.54) is 0 Å². The van der Waals surface area contributed by atoms with Crippen LogP contribution in [0.2, 0.25) is 0 Å². The van der Waals surface area contributed by atoms with Crippen molar-refractivity contribution in [2.75, 3.05) is 6.61 Å². The topological polar surface area (TPSA) is 72.8 Å². The maximum atomic E-state index is 10.5. The Balaban J connectivity index is 2.75. The number of esters is 1. The first-order valence-corrected chi connectivity index (χ1v) is 3.70. The molecular weight excluding hydrogens is 158 g/mol. The van der Waals surface area contributed by atoms with Gasteiger partial charge in [0.05, 0.1) is 6.61 Å². The van der Waals surface area contributed by atoms with Gasteiger partial charge in [-0.15, -0.1) is 0 Å². The molecule has 6 heteroatoms. The van der Waals surface area contributed by atoms with Gasteiger partial charge in [-0.3, -0.25) is 0 Å². The zero-order chi connectivity index (χ0) is 7.56. The first-order chi connectivity index (χ1) is 4.70. The van der Waals surface area contributed by atoms with Crippen molar-refractivity contribution in [1.82, 2.24) is 0 Å². The highest BCUT2D eigenvalue weighted by Crippen LogP contribution is 2.08. The zero-order valence-electron chi connectivity index (χ0n) is 4.98. The molecule has 56 valence electrons. The summed E-state index contributed by atoms with van der Waals surface area (Å²) in [7, 11) is -2.50. The Labute approximate surface area is 58.7 Å². The van der Waals surface area contributed by atoms with E-state index in [2.05, 4.69) is 9.10 Å². The number of carbonyl (C=O) groups is 1. The highest BCUT2D eigenvalue weighted by Gasteiger charge is 2.26. The monoisotopic (exact) mass is 163 g/mol. The van der Waals surface area contributed by atoms with Gasteiger partial charge in [0.1, 0.15) is 0 Å². The number of ether oxygens (including phenoxy) is 1. The molecule has 0 unspecified atom stereocenters. The van der Waals surface area contributed by atoms with Crippen LogP contribution in [0, 0.1) is 0 Å². The van der Waals surface area contributed by atoms with Crippen LogP contribution in [0.4, 0.5) is 0 Å². The van der Waals surface area contributed by atoms with Crippen molar-refractivity contribution in [3.8, 4) is 0 Å². The fraction of sp³-hybridized carbons (Fsp3) is 0.750. The second-order valence-corrected chi connectivity index (χ2v) is 2.44. The molecule has 0 aliphatic carbocycles. The van der Waals surface area contributed by atoms with Crippen molar-refractivity contribution < 1.29 is 17.9 Å². The van der Waals surface area contributed by atoms with E-state index < -0.39 is 22.5 Å². The fourth-order valence-electron chi connectivity index (χ4n) is 0.685. The molecule has 0 spiro atoms. The second kappa shape index (κ2) is 2.78. The first-order valence-electron chi connectivity index (χ1n) is 2.67. The Morgan fingerprint density at radius 1 is 1.60 bits per heavy atom. The lowest BCUT2D eigenvalue weighted by Gasteiger charge is -1.89. The van der Waals surface area contributed by atoms with E-state index in [9.17, 15) is 13.2 Å². The molecule has 1 fully saturated rings. The summed E-state index contributed by atoms with van der Waals surface area (Å²) in [6.07, 6.45) is 0.368. The van der Waals surface area contributed by atoms with Gasteiger partial charge in [-0.25, -0.2) is 4.79 Å². The van der Waals surface area contributed by atoms with Gasteiger partial charge >= 0.3 is 16.5 Å². The number of carbonyl (C=O) groups excluding carboxylic acids is 1. The van der Waals surface area contributed by atoms with Crippen molar-refractivity contribution in [2.45, 2.75) is 12.5 Å². The number of nitrogens with zero attached hydrogens (tertiary/aromatic N) is 1. The van der Waals surface area contributed by atoms with E-state index in [1.54, 1.807) is 0 Å². The number of rotatable bonds is 1. The van der Waals surface area contributed by atoms with Gasteiger partial charge in [-0.1, -0.05) is 0 Å². The summed E-state index contributed by atoms with van der Waals surface area (Å²) in [6, 6.07) is -0.793. The number of hydrogen-bond acceptors (Lipinski definition) is 5. The van der Waals surface area contributed by atoms with Gasteiger partial charge in [-0.2, -0.15) is 12.8 Å². The van der Waals surface area contributed by atoms with E-state index in [4.69, 9.17) is 0 Å². The maximum Gasteiger partial charge on any atom is 0.332 e. The largest absolute Gasteiger partial charge is 0.464 e. The Morgan fingerprint density at radius 3 is 2.70 bits per heavy atom. The molecular formula is C4H5NO4S. The minimum absolute atomic E-state index is 0.268. The molecule has 1 saturated heterocycles. The highest BCUT2D eigenvalue weighted by molar-refractivity contribution is 7.61. The molecule has 0 saturated carbocycles. The van der Waals surface area contributed by atoms with E-state index in [0.717, 1.165) is 0 Å². The van der Waals surface area contributed by atoms with Crippen molar-refractivity contribution in [3.63, 3.8) is 0 Å². The van der Waals surface area contributed by atoms with Crippen molar-refractivity contribution in [2.24, 2.45) is 4.36 Å². The third kappa shape index (κ3) is 1.53. The Morgan fingerprint density at radius 2 is 2.30 bits per heavy atom. The molecule has 1 aliphatic heterocycles. The molecule has 1 aliphatic rings. The van der Waals surface area contributed by atoms with Crippen LogP contribution in [-0.2, 0) is 20.0 Å². The number of cyclic esters (lactones) is 1. The van der Waals surface area contributed by atoms with Crippen molar-refractivity contribution in [1.29, 1.82) is 0 Å². The molecule has 5 nitrogen and oxygen atoms in total. The van der Waals surface area contributed by atoms with Gasteiger partial charge in [0.15, 0.2) is 6.04 Å². The summed E-state index contributed by atoms with van der Waals surface area (Å²) in [4.78, 5) is 10.5. The SMILES string of the molecule is O=C1OCC[C@@H]1N=S(=O)=O. The smallest absolute Gasteiger partial charge is 0.332 e. The minimum Gasteiger partial charge on any atom is -0.464 e. The molecule has 1 atom stereocenters. The summed E-state index contributed by atoms with van der Waals surface area (Å²) in [5, 5.41) is 0. The van der Waals surface area contributed by atoms with E-state index in [1.807, 2.05) is 0 Å². The average Bonchev–Trinajstić information content (AvgIpc) is 2.15. The van der Waals surface area contributed by atoms with Gasteiger partial charge in [-0.05, 0) is 0 Å². The maximum absolute atomic E-state index is 10.5. The molecule has 1 heterocycles. The van der Waals surface area contributed by atoms with Crippen molar-refractivity contribution in [3.05, 3.63) is 0 Å². The summed E-state index contributed by atoms with van der Waals surface area (Å²) in [5.41, 5.74) is 0. The summed E-state index contributed by atoms with van der Waals surface area (Å²) in [5.74, 6) is -0.552. The van der Waals surface area contributed by atoms with Gasteiger partial charge < -0.3 is 4.74 Å². The predicted molar refractivity (Wildman–Crippen MR) is 30.7 cm³/mol.